The van der Waals surface area contributed by atoms with Crippen LogP contribution in [0, 0.1) is 11.8 Å². The zero-order valence-electron chi connectivity index (χ0n) is 12.6. The first-order valence-corrected chi connectivity index (χ1v) is 7.04. The van der Waals surface area contributed by atoms with E-state index in [9.17, 15) is 9.59 Å². The van der Waals surface area contributed by atoms with Crippen molar-refractivity contribution in [3.8, 4) is 5.75 Å². The van der Waals surface area contributed by atoms with Crippen molar-refractivity contribution >= 4 is 11.9 Å². The average Bonchev–Trinajstić information content (AvgIpc) is 3.22. The Balaban J connectivity index is 2.02. The first kappa shape index (κ1) is 15.4. The second-order valence-electron chi connectivity index (χ2n) is 5.73. The van der Waals surface area contributed by atoms with Crippen molar-refractivity contribution in [1.82, 2.24) is 5.32 Å². The number of hydrogen-bond donors (Lipinski definition) is 1. The topological polar surface area (TPSA) is 64.6 Å². The molecule has 0 radical (unpaired) electrons. The van der Waals surface area contributed by atoms with Gasteiger partial charge in [0.2, 0.25) is 5.91 Å². The van der Waals surface area contributed by atoms with Crippen LogP contribution in [0.3, 0.4) is 0 Å². The second kappa shape index (κ2) is 6.16. The number of carbonyl (C=O) groups is 2. The molecule has 0 aliphatic heterocycles. The highest BCUT2D eigenvalue weighted by molar-refractivity contribution is 5.90. The number of methoxy groups -OCH3 is 1. The van der Waals surface area contributed by atoms with Gasteiger partial charge in [-0.1, -0.05) is 25.1 Å². The fraction of sp³-hybridized carbons (Fsp3) is 0.500. The Morgan fingerprint density at radius 2 is 1.95 bits per heavy atom. The molecule has 0 aromatic heterocycles. The molecule has 1 aliphatic rings. The molecule has 114 valence electrons. The van der Waals surface area contributed by atoms with Crippen molar-refractivity contribution in [3.05, 3.63) is 30.3 Å². The number of benzene rings is 1. The van der Waals surface area contributed by atoms with Gasteiger partial charge in [0.05, 0.1) is 7.11 Å². The molecule has 1 aromatic carbocycles. The molecule has 0 spiro atoms. The number of nitrogens with one attached hydrogen (secondary N) is 1. The number of esters is 1. The Kier molecular flexibility index (Phi) is 4.50. The zero-order valence-corrected chi connectivity index (χ0v) is 12.6. The predicted molar refractivity (Wildman–Crippen MR) is 77.8 cm³/mol. The Labute approximate surface area is 124 Å². The summed E-state index contributed by atoms with van der Waals surface area (Å²) in [5, 5.41) is 2.77. The van der Waals surface area contributed by atoms with Gasteiger partial charge in [0.25, 0.3) is 0 Å². The molecule has 1 saturated carbocycles. The highest BCUT2D eigenvalue weighted by Gasteiger charge is 2.44. The van der Waals surface area contributed by atoms with Gasteiger partial charge in [-0.15, -0.1) is 0 Å². The standard InChI is InChI=1S/C16H21NO4/c1-11-9-13(11)14(18)17-16(2,15(19)20-3)10-21-12-7-5-4-6-8-12/h4-8,11,13H,9-10H2,1-3H3,(H,17,18). The van der Waals surface area contributed by atoms with Crippen molar-refractivity contribution in [3.63, 3.8) is 0 Å². The number of hydrogen-bond acceptors (Lipinski definition) is 4. The Morgan fingerprint density at radius 3 is 2.48 bits per heavy atom. The lowest BCUT2D eigenvalue weighted by molar-refractivity contribution is -0.151. The minimum absolute atomic E-state index is 0.00861. The Morgan fingerprint density at radius 1 is 1.33 bits per heavy atom. The Bertz CT molecular complexity index is 516. The van der Waals surface area contributed by atoms with Crippen LogP contribution in [0.5, 0.6) is 5.75 Å². The third-order valence-corrected chi connectivity index (χ3v) is 3.75. The molecular weight excluding hydrogens is 270 g/mol. The summed E-state index contributed by atoms with van der Waals surface area (Å²) in [6.45, 7) is 3.66. The van der Waals surface area contributed by atoms with Crippen LogP contribution in [0.4, 0.5) is 0 Å². The lowest BCUT2D eigenvalue weighted by atomic mass is 10.0. The fourth-order valence-corrected chi connectivity index (χ4v) is 2.17. The van der Waals surface area contributed by atoms with Gasteiger partial charge in [0.15, 0.2) is 5.54 Å². The van der Waals surface area contributed by atoms with Gasteiger partial charge >= 0.3 is 5.97 Å². The molecule has 5 heteroatoms. The van der Waals surface area contributed by atoms with Crippen molar-refractivity contribution < 1.29 is 19.1 Å². The second-order valence-corrected chi connectivity index (χ2v) is 5.73. The molecular formula is C16H21NO4. The van der Waals surface area contributed by atoms with Gasteiger partial charge in [-0.25, -0.2) is 4.79 Å². The van der Waals surface area contributed by atoms with Gasteiger partial charge < -0.3 is 14.8 Å². The summed E-state index contributed by atoms with van der Waals surface area (Å²) in [7, 11) is 1.30. The van der Waals surface area contributed by atoms with E-state index in [-0.39, 0.29) is 18.4 Å². The summed E-state index contributed by atoms with van der Waals surface area (Å²) in [6, 6.07) is 9.15. The third kappa shape index (κ3) is 3.74. The van der Waals surface area contributed by atoms with Crippen LogP contribution in [0.15, 0.2) is 30.3 Å². The maximum Gasteiger partial charge on any atom is 0.334 e. The summed E-state index contributed by atoms with van der Waals surface area (Å²) >= 11 is 0. The molecule has 0 heterocycles. The van der Waals surface area contributed by atoms with E-state index in [0.717, 1.165) is 6.42 Å². The minimum Gasteiger partial charge on any atom is -0.491 e. The quantitative estimate of drug-likeness (QED) is 0.811. The van der Waals surface area contributed by atoms with Crippen molar-refractivity contribution in [2.45, 2.75) is 25.8 Å². The largest absolute Gasteiger partial charge is 0.491 e. The van der Waals surface area contributed by atoms with Gasteiger partial charge in [-0.2, -0.15) is 0 Å². The van der Waals surface area contributed by atoms with Gasteiger partial charge in [0.1, 0.15) is 12.4 Å². The van der Waals surface area contributed by atoms with E-state index in [1.807, 2.05) is 25.1 Å². The average molecular weight is 291 g/mol. The Hall–Kier alpha value is -2.04. The normalized spacial score (nSPS) is 22.8. The van der Waals surface area contributed by atoms with Crippen LogP contribution >= 0.6 is 0 Å². The molecule has 0 bridgehead atoms. The van der Waals surface area contributed by atoms with E-state index in [1.54, 1.807) is 19.1 Å². The lowest BCUT2D eigenvalue weighted by Gasteiger charge is -2.28. The maximum atomic E-state index is 12.1. The zero-order chi connectivity index (χ0) is 15.5. The third-order valence-electron chi connectivity index (χ3n) is 3.75. The van der Waals surface area contributed by atoms with Crippen molar-refractivity contribution in [2.75, 3.05) is 13.7 Å². The van der Waals surface area contributed by atoms with Crippen LogP contribution in [-0.4, -0.2) is 31.1 Å². The highest BCUT2D eigenvalue weighted by atomic mass is 16.5. The summed E-state index contributed by atoms with van der Waals surface area (Å²) in [5.74, 6) is 0.376. The predicted octanol–water partition coefficient (Wildman–Crippen LogP) is 1.77. The SMILES string of the molecule is COC(=O)C(C)(COc1ccccc1)NC(=O)C1CC1C. The van der Waals surface area contributed by atoms with Crippen molar-refractivity contribution in [1.29, 1.82) is 0 Å². The molecule has 5 nitrogen and oxygen atoms in total. The van der Waals surface area contributed by atoms with Crippen molar-refractivity contribution in [2.24, 2.45) is 11.8 Å². The summed E-state index contributed by atoms with van der Waals surface area (Å²) in [6.07, 6.45) is 0.864. The molecule has 2 rings (SSSR count). The number of amides is 1. The monoisotopic (exact) mass is 291 g/mol. The van der Waals surface area contributed by atoms with E-state index in [4.69, 9.17) is 9.47 Å². The molecule has 3 unspecified atom stereocenters. The first-order valence-electron chi connectivity index (χ1n) is 7.04. The van der Waals surface area contributed by atoms with Crippen LogP contribution in [0.25, 0.3) is 0 Å². The summed E-state index contributed by atoms with van der Waals surface area (Å²) in [4.78, 5) is 24.1. The van der Waals surface area contributed by atoms with Gasteiger partial charge in [-0.3, -0.25) is 4.79 Å². The molecule has 3 atom stereocenters. The molecule has 1 amide bonds. The van der Waals surface area contributed by atoms with Crippen LogP contribution < -0.4 is 10.1 Å². The number of para-hydroxylation sites is 1. The van der Waals surface area contributed by atoms with Gasteiger partial charge in [-0.05, 0) is 31.4 Å². The van der Waals surface area contributed by atoms with E-state index in [2.05, 4.69) is 5.32 Å². The van der Waals surface area contributed by atoms with Crippen LogP contribution in [0.1, 0.15) is 20.3 Å². The molecule has 0 saturated heterocycles. The molecule has 21 heavy (non-hydrogen) atoms. The summed E-state index contributed by atoms with van der Waals surface area (Å²) in [5.41, 5.74) is -1.19. The van der Waals surface area contributed by atoms with Gasteiger partial charge in [0, 0.05) is 5.92 Å². The minimum atomic E-state index is -1.19. The van der Waals surface area contributed by atoms with E-state index in [1.165, 1.54) is 7.11 Å². The lowest BCUT2D eigenvalue weighted by Crippen LogP contribution is -2.57. The number of carbonyl (C=O) groups excluding carboxylic acids is 2. The van der Waals surface area contributed by atoms with E-state index in [0.29, 0.717) is 11.7 Å². The smallest absolute Gasteiger partial charge is 0.334 e. The molecule has 1 N–H and O–H groups in total. The molecule has 1 fully saturated rings. The highest BCUT2D eigenvalue weighted by Crippen LogP contribution is 2.38. The molecule has 1 aliphatic carbocycles. The fourth-order valence-electron chi connectivity index (χ4n) is 2.17. The number of rotatable bonds is 6. The molecule has 1 aromatic rings. The number of ether oxygens (including phenoxy) is 2. The van der Waals surface area contributed by atoms with Crippen LogP contribution in [0.2, 0.25) is 0 Å². The first-order chi connectivity index (χ1) is 9.96. The summed E-state index contributed by atoms with van der Waals surface area (Å²) < 4.78 is 10.4. The van der Waals surface area contributed by atoms with E-state index >= 15 is 0 Å². The maximum absolute atomic E-state index is 12.1. The van der Waals surface area contributed by atoms with Crippen LogP contribution in [-0.2, 0) is 14.3 Å². The van der Waals surface area contributed by atoms with E-state index < -0.39 is 11.5 Å².